The Labute approximate surface area is 124 Å². The summed E-state index contributed by atoms with van der Waals surface area (Å²) < 4.78 is 0. The Hall–Kier alpha value is -1.22. The molecule has 0 spiro atoms. The van der Waals surface area contributed by atoms with E-state index in [-0.39, 0.29) is 0 Å². The normalized spacial score (nSPS) is 29.9. The number of halogens is 1. The van der Waals surface area contributed by atoms with E-state index >= 15 is 0 Å². The van der Waals surface area contributed by atoms with Crippen molar-refractivity contribution in [2.45, 2.75) is 44.1 Å². The smallest absolute Gasteiger partial charge is 0.329 e. The van der Waals surface area contributed by atoms with Crippen LogP contribution < -0.4 is 5.32 Å². The summed E-state index contributed by atoms with van der Waals surface area (Å²) in [7, 11) is 0. The summed E-state index contributed by atoms with van der Waals surface area (Å²) in [4.78, 5) is 11.8. The van der Waals surface area contributed by atoms with Crippen LogP contribution in [0, 0.1) is 11.8 Å². The zero-order chi connectivity index (χ0) is 14.2. The predicted octanol–water partition coefficient (Wildman–Crippen LogP) is 4.18. The maximum Gasteiger partial charge on any atom is 0.329 e. The molecule has 0 aliphatic heterocycles. The first kappa shape index (κ1) is 13.7. The Morgan fingerprint density at radius 3 is 2.50 bits per heavy atom. The molecule has 1 aromatic rings. The number of anilines is 1. The third kappa shape index (κ3) is 2.78. The molecule has 0 bridgehead atoms. The van der Waals surface area contributed by atoms with Crippen molar-refractivity contribution in [2.75, 3.05) is 5.32 Å². The maximum absolute atomic E-state index is 11.8. The molecule has 2 N–H and O–H groups in total. The standard InChI is InChI=1S/C16H20ClNO2/c17-13-5-7-14(8-6-13)18-16(15(19)20)9-1-2-12(10-16)11-3-4-11/h5-8,11-12,18H,1-4,9-10H2,(H,19,20). The van der Waals surface area contributed by atoms with E-state index in [1.165, 1.54) is 19.3 Å². The van der Waals surface area contributed by atoms with E-state index in [0.717, 1.165) is 24.4 Å². The zero-order valence-electron chi connectivity index (χ0n) is 11.4. The van der Waals surface area contributed by atoms with Crippen molar-refractivity contribution in [3.05, 3.63) is 29.3 Å². The lowest BCUT2D eigenvalue weighted by atomic mass is 9.73. The van der Waals surface area contributed by atoms with Gasteiger partial charge in [-0.3, -0.25) is 0 Å². The lowest BCUT2D eigenvalue weighted by Crippen LogP contribution is -2.50. The van der Waals surface area contributed by atoms with E-state index in [1.807, 2.05) is 12.1 Å². The first-order chi connectivity index (χ1) is 9.59. The highest BCUT2D eigenvalue weighted by Gasteiger charge is 2.46. The van der Waals surface area contributed by atoms with Gasteiger partial charge >= 0.3 is 5.97 Å². The lowest BCUT2D eigenvalue weighted by Gasteiger charge is -2.39. The minimum absolute atomic E-state index is 0.569. The average Bonchev–Trinajstić information content (AvgIpc) is 3.26. The van der Waals surface area contributed by atoms with Gasteiger partial charge in [-0.25, -0.2) is 4.79 Å². The highest BCUT2D eigenvalue weighted by Crippen LogP contribution is 2.47. The van der Waals surface area contributed by atoms with Crippen molar-refractivity contribution >= 4 is 23.3 Å². The Bertz CT molecular complexity index is 498. The van der Waals surface area contributed by atoms with Crippen molar-refractivity contribution in [3.8, 4) is 0 Å². The van der Waals surface area contributed by atoms with Gasteiger partial charge in [-0.1, -0.05) is 18.0 Å². The molecule has 0 amide bonds. The third-order valence-corrected chi connectivity index (χ3v) is 4.97. The summed E-state index contributed by atoms with van der Waals surface area (Å²) in [5, 5.41) is 13.7. The van der Waals surface area contributed by atoms with Crippen molar-refractivity contribution in [1.82, 2.24) is 0 Å². The van der Waals surface area contributed by atoms with E-state index in [9.17, 15) is 9.90 Å². The van der Waals surface area contributed by atoms with E-state index < -0.39 is 11.5 Å². The Kier molecular flexibility index (Phi) is 3.63. The molecule has 2 aliphatic rings. The Morgan fingerprint density at radius 1 is 1.20 bits per heavy atom. The van der Waals surface area contributed by atoms with Gasteiger partial charge in [-0.05, 0) is 68.2 Å². The second-order valence-corrected chi connectivity index (χ2v) is 6.65. The first-order valence-electron chi connectivity index (χ1n) is 7.36. The van der Waals surface area contributed by atoms with Crippen LogP contribution in [0.5, 0.6) is 0 Å². The number of carboxylic acids is 1. The van der Waals surface area contributed by atoms with Gasteiger partial charge in [-0.15, -0.1) is 0 Å². The quantitative estimate of drug-likeness (QED) is 0.876. The molecule has 0 aromatic heterocycles. The summed E-state index contributed by atoms with van der Waals surface area (Å²) >= 11 is 5.88. The third-order valence-electron chi connectivity index (χ3n) is 4.72. The fraction of sp³-hybridized carbons (Fsp3) is 0.562. The molecule has 2 unspecified atom stereocenters. The molecule has 2 atom stereocenters. The van der Waals surface area contributed by atoms with Crippen molar-refractivity contribution in [1.29, 1.82) is 0 Å². The molecule has 108 valence electrons. The second-order valence-electron chi connectivity index (χ2n) is 6.21. The number of aliphatic carboxylic acids is 1. The van der Waals surface area contributed by atoms with E-state index in [4.69, 9.17) is 11.6 Å². The molecule has 1 aromatic carbocycles. The first-order valence-corrected chi connectivity index (χ1v) is 7.74. The summed E-state index contributed by atoms with van der Waals surface area (Å²) in [6, 6.07) is 7.29. The number of hydrogen-bond acceptors (Lipinski definition) is 2. The van der Waals surface area contributed by atoms with Crippen LogP contribution in [0.1, 0.15) is 38.5 Å². The van der Waals surface area contributed by atoms with Crippen LogP contribution in [0.4, 0.5) is 5.69 Å². The SMILES string of the molecule is O=C(O)C1(Nc2ccc(Cl)cc2)CCCC(C2CC2)C1. The molecular formula is C16H20ClNO2. The second kappa shape index (κ2) is 5.28. The van der Waals surface area contributed by atoms with Crippen LogP contribution >= 0.6 is 11.6 Å². The number of nitrogens with one attached hydrogen (secondary N) is 1. The summed E-state index contributed by atoms with van der Waals surface area (Å²) in [5.74, 6) is 0.610. The highest BCUT2D eigenvalue weighted by molar-refractivity contribution is 6.30. The lowest BCUT2D eigenvalue weighted by molar-refractivity contribution is -0.144. The van der Waals surface area contributed by atoms with Gasteiger partial charge in [0.2, 0.25) is 0 Å². The van der Waals surface area contributed by atoms with Crippen LogP contribution in [-0.2, 0) is 4.79 Å². The van der Waals surface area contributed by atoms with E-state index in [1.54, 1.807) is 12.1 Å². The number of carbonyl (C=O) groups is 1. The van der Waals surface area contributed by atoms with E-state index in [2.05, 4.69) is 5.32 Å². The number of hydrogen-bond donors (Lipinski definition) is 2. The predicted molar refractivity (Wildman–Crippen MR) is 80.1 cm³/mol. The minimum atomic E-state index is -0.806. The van der Waals surface area contributed by atoms with Gasteiger partial charge < -0.3 is 10.4 Å². The zero-order valence-corrected chi connectivity index (χ0v) is 12.2. The maximum atomic E-state index is 11.8. The fourth-order valence-electron chi connectivity index (χ4n) is 3.46. The molecule has 0 radical (unpaired) electrons. The molecule has 2 aliphatic carbocycles. The van der Waals surface area contributed by atoms with Gasteiger partial charge in [-0.2, -0.15) is 0 Å². The van der Waals surface area contributed by atoms with Gasteiger partial charge in [0.25, 0.3) is 0 Å². The molecule has 4 heteroatoms. The molecule has 2 fully saturated rings. The number of carboxylic acid groups (broad SMARTS) is 1. The molecule has 3 rings (SSSR count). The van der Waals surface area contributed by atoms with Crippen LogP contribution in [0.25, 0.3) is 0 Å². The molecular weight excluding hydrogens is 274 g/mol. The largest absolute Gasteiger partial charge is 0.480 e. The van der Waals surface area contributed by atoms with Gasteiger partial charge in [0.1, 0.15) is 5.54 Å². The summed E-state index contributed by atoms with van der Waals surface area (Å²) in [6.07, 6.45) is 6.18. The Balaban J connectivity index is 1.79. The summed E-state index contributed by atoms with van der Waals surface area (Å²) in [6.45, 7) is 0. The Morgan fingerprint density at radius 2 is 1.90 bits per heavy atom. The minimum Gasteiger partial charge on any atom is -0.480 e. The highest BCUT2D eigenvalue weighted by atomic mass is 35.5. The number of benzene rings is 1. The van der Waals surface area contributed by atoms with Crippen LogP contribution in [0.2, 0.25) is 5.02 Å². The summed E-state index contributed by atoms with van der Waals surface area (Å²) in [5.41, 5.74) is 0.0348. The van der Waals surface area contributed by atoms with Crippen molar-refractivity contribution < 1.29 is 9.90 Å². The molecule has 2 saturated carbocycles. The molecule has 0 heterocycles. The van der Waals surface area contributed by atoms with Crippen LogP contribution in [-0.4, -0.2) is 16.6 Å². The molecule has 20 heavy (non-hydrogen) atoms. The average molecular weight is 294 g/mol. The van der Waals surface area contributed by atoms with Crippen molar-refractivity contribution in [3.63, 3.8) is 0 Å². The molecule has 3 nitrogen and oxygen atoms in total. The van der Waals surface area contributed by atoms with Gasteiger partial charge in [0.05, 0.1) is 0 Å². The fourth-order valence-corrected chi connectivity index (χ4v) is 3.58. The monoisotopic (exact) mass is 293 g/mol. The topological polar surface area (TPSA) is 49.3 Å². The molecule has 0 saturated heterocycles. The van der Waals surface area contributed by atoms with Gasteiger partial charge in [0, 0.05) is 10.7 Å². The van der Waals surface area contributed by atoms with Crippen LogP contribution in [0.15, 0.2) is 24.3 Å². The van der Waals surface area contributed by atoms with Gasteiger partial charge in [0.15, 0.2) is 0 Å². The number of rotatable bonds is 4. The van der Waals surface area contributed by atoms with Crippen LogP contribution in [0.3, 0.4) is 0 Å². The van der Waals surface area contributed by atoms with Crippen molar-refractivity contribution in [2.24, 2.45) is 11.8 Å². The van der Waals surface area contributed by atoms with E-state index in [0.29, 0.717) is 17.4 Å².